The Bertz CT molecular complexity index is 914. The van der Waals surface area contributed by atoms with Gasteiger partial charge in [0.15, 0.2) is 11.0 Å². The van der Waals surface area contributed by atoms with Crippen molar-refractivity contribution in [1.82, 2.24) is 25.1 Å². The number of thioether (sulfide) groups is 1. The molecule has 0 fully saturated rings. The summed E-state index contributed by atoms with van der Waals surface area (Å²) in [6, 6.07) is 11.2. The highest BCUT2D eigenvalue weighted by Gasteiger charge is 2.16. The van der Waals surface area contributed by atoms with Gasteiger partial charge in [0.05, 0.1) is 11.8 Å². The number of benzene rings is 1. The number of carbonyl (C=O) groups excluding carboxylic acids is 1. The van der Waals surface area contributed by atoms with Crippen LogP contribution >= 0.6 is 23.4 Å². The maximum atomic E-state index is 12.4. The minimum absolute atomic E-state index is 0.0519. The Labute approximate surface area is 173 Å². The van der Waals surface area contributed by atoms with Crippen LogP contribution < -0.4 is 5.32 Å². The second kappa shape index (κ2) is 9.71. The molecule has 1 aromatic carbocycles. The quantitative estimate of drug-likeness (QED) is 0.553. The highest BCUT2D eigenvalue weighted by atomic mass is 35.5. The lowest BCUT2D eigenvalue weighted by Gasteiger charge is -2.14. The van der Waals surface area contributed by atoms with Crippen LogP contribution in [-0.2, 0) is 11.3 Å². The zero-order valence-corrected chi connectivity index (χ0v) is 17.4. The van der Waals surface area contributed by atoms with E-state index in [0.29, 0.717) is 5.02 Å². The molecular formula is C20H22ClN5OS. The molecule has 3 aromatic rings. The van der Waals surface area contributed by atoms with Gasteiger partial charge in [0.25, 0.3) is 0 Å². The molecule has 28 heavy (non-hydrogen) atoms. The molecule has 3 rings (SSSR count). The maximum Gasteiger partial charge on any atom is 0.230 e. The topological polar surface area (TPSA) is 72.7 Å². The number of hydrogen-bond acceptors (Lipinski definition) is 5. The Kier molecular flexibility index (Phi) is 7.06. The van der Waals surface area contributed by atoms with Gasteiger partial charge in [-0.25, -0.2) is 0 Å². The highest BCUT2D eigenvalue weighted by Crippen LogP contribution is 2.24. The number of nitrogens with zero attached hydrogens (tertiary/aromatic N) is 4. The zero-order chi connectivity index (χ0) is 19.9. The summed E-state index contributed by atoms with van der Waals surface area (Å²) >= 11 is 7.31. The predicted octanol–water partition coefficient (Wildman–Crippen LogP) is 4.37. The van der Waals surface area contributed by atoms with Gasteiger partial charge in [0.2, 0.25) is 5.91 Å². The van der Waals surface area contributed by atoms with Crippen LogP contribution in [0, 0.1) is 0 Å². The molecule has 146 valence electrons. The van der Waals surface area contributed by atoms with Gasteiger partial charge in [0, 0.05) is 29.5 Å². The van der Waals surface area contributed by atoms with E-state index in [9.17, 15) is 4.79 Å². The van der Waals surface area contributed by atoms with E-state index in [0.717, 1.165) is 35.1 Å². The molecule has 0 radical (unpaired) electrons. The van der Waals surface area contributed by atoms with Crippen molar-refractivity contribution in [3.63, 3.8) is 0 Å². The summed E-state index contributed by atoms with van der Waals surface area (Å²) < 4.78 is 2.05. The first-order chi connectivity index (χ1) is 13.6. The van der Waals surface area contributed by atoms with Crippen molar-refractivity contribution in [2.24, 2.45) is 0 Å². The van der Waals surface area contributed by atoms with Crippen LogP contribution in [0.2, 0.25) is 5.02 Å². The molecule has 1 unspecified atom stereocenters. The minimum atomic E-state index is -0.0914. The van der Waals surface area contributed by atoms with Crippen LogP contribution in [0.1, 0.15) is 31.9 Å². The van der Waals surface area contributed by atoms with Crippen molar-refractivity contribution in [2.45, 2.75) is 38.0 Å². The van der Waals surface area contributed by atoms with Gasteiger partial charge in [-0.05, 0) is 43.2 Å². The van der Waals surface area contributed by atoms with E-state index in [1.54, 1.807) is 12.4 Å². The Balaban J connectivity index is 1.64. The van der Waals surface area contributed by atoms with Crippen molar-refractivity contribution in [3.05, 3.63) is 59.4 Å². The molecule has 0 saturated heterocycles. The Morgan fingerprint density at radius 1 is 1.18 bits per heavy atom. The summed E-state index contributed by atoms with van der Waals surface area (Å²) in [4.78, 5) is 16.4. The van der Waals surface area contributed by atoms with Gasteiger partial charge in [-0.15, -0.1) is 10.2 Å². The molecule has 2 heterocycles. The molecular weight excluding hydrogens is 394 g/mol. The molecule has 6 nitrogen and oxygen atoms in total. The van der Waals surface area contributed by atoms with E-state index in [2.05, 4.69) is 32.0 Å². The lowest BCUT2D eigenvalue weighted by molar-refractivity contribution is -0.119. The summed E-state index contributed by atoms with van der Waals surface area (Å²) in [5, 5.41) is 13.0. The lowest BCUT2D eigenvalue weighted by Crippen LogP contribution is -2.28. The van der Waals surface area contributed by atoms with Gasteiger partial charge in [-0.1, -0.05) is 42.4 Å². The van der Waals surface area contributed by atoms with E-state index in [-0.39, 0.29) is 17.7 Å². The third-order valence-corrected chi connectivity index (χ3v) is 5.40. The number of carbonyl (C=O) groups is 1. The van der Waals surface area contributed by atoms with E-state index in [4.69, 9.17) is 11.6 Å². The molecule has 1 atom stereocenters. The largest absolute Gasteiger partial charge is 0.349 e. The fourth-order valence-corrected chi connectivity index (χ4v) is 3.68. The normalized spacial score (nSPS) is 12.0. The maximum absolute atomic E-state index is 12.4. The first-order valence-corrected chi connectivity index (χ1v) is 10.5. The number of amides is 1. The number of aromatic nitrogens is 4. The monoisotopic (exact) mass is 415 g/mol. The van der Waals surface area contributed by atoms with Crippen LogP contribution in [0.15, 0.2) is 53.9 Å². The van der Waals surface area contributed by atoms with Crippen LogP contribution in [0.5, 0.6) is 0 Å². The molecule has 1 N–H and O–H groups in total. The fraction of sp³-hybridized carbons (Fsp3) is 0.300. The summed E-state index contributed by atoms with van der Waals surface area (Å²) in [7, 11) is 0. The van der Waals surface area contributed by atoms with Gasteiger partial charge in [-0.2, -0.15) is 0 Å². The number of nitrogens with one attached hydrogen (secondary N) is 1. The standard InChI is InChI=1S/C20H22ClN5OS/c1-3-12-26-19(16-8-10-22-11-9-16)24-25-20(26)28-13-18(27)23-14(2)15-4-6-17(21)7-5-15/h4-11,14H,3,12-13H2,1-2H3,(H,23,27). The predicted molar refractivity (Wildman–Crippen MR) is 112 cm³/mol. The number of hydrogen-bond donors (Lipinski definition) is 1. The first-order valence-electron chi connectivity index (χ1n) is 9.09. The Morgan fingerprint density at radius 3 is 2.57 bits per heavy atom. The third-order valence-electron chi connectivity index (χ3n) is 4.18. The van der Waals surface area contributed by atoms with E-state index >= 15 is 0 Å². The molecule has 0 spiro atoms. The molecule has 2 aromatic heterocycles. The molecule has 0 saturated carbocycles. The van der Waals surface area contributed by atoms with Gasteiger partial charge in [0.1, 0.15) is 0 Å². The second-order valence-corrected chi connectivity index (χ2v) is 7.70. The average molecular weight is 416 g/mol. The number of pyridine rings is 1. The Hall–Kier alpha value is -2.38. The smallest absolute Gasteiger partial charge is 0.230 e. The second-order valence-electron chi connectivity index (χ2n) is 6.32. The average Bonchev–Trinajstić information content (AvgIpc) is 3.10. The molecule has 0 aliphatic carbocycles. The SMILES string of the molecule is CCCn1c(SCC(=O)NC(C)c2ccc(Cl)cc2)nnc1-c1ccncc1. The van der Waals surface area contributed by atoms with Crippen LogP contribution in [-0.4, -0.2) is 31.4 Å². The zero-order valence-electron chi connectivity index (χ0n) is 15.8. The van der Waals surface area contributed by atoms with Crippen molar-refractivity contribution in [2.75, 3.05) is 5.75 Å². The van der Waals surface area contributed by atoms with Crippen molar-refractivity contribution >= 4 is 29.3 Å². The summed E-state index contributed by atoms with van der Waals surface area (Å²) in [6.45, 7) is 4.84. The first kappa shape index (κ1) is 20.4. The highest BCUT2D eigenvalue weighted by molar-refractivity contribution is 7.99. The van der Waals surface area contributed by atoms with Crippen LogP contribution in [0.4, 0.5) is 0 Å². The molecule has 0 bridgehead atoms. The molecule has 8 heteroatoms. The van der Waals surface area contributed by atoms with Crippen molar-refractivity contribution in [1.29, 1.82) is 0 Å². The van der Waals surface area contributed by atoms with Crippen LogP contribution in [0.25, 0.3) is 11.4 Å². The van der Waals surface area contributed by atoms with Gasteiger partial charge in [-0.3, -0.25) is 9.78 Å². The van der Waals surface area contributed by atoms with Gasteiger partial charge >= 0.3 is 0 Å². The van der Waals surface area contributed by atoms with Crippen molar-refractivity contribution < 1.29 is 4.79 Å². The number of rotatable bonds is 8. The molecule has 0 aliphatic rings. The third kappa shape index (κ3) is 5.11. The van der Waals surface area contributed by atoms with Crippen LogP contribution in [0.3, 0.4) is 0 Å². The van der Waals surface area contributed by atoms with Gasteiger partial charge < -0.3 is 9.88 Å². The summed E-state index contributed by atoms with van der Waals surface area (Å²) in [5.74, 6) is 1.02. The molecule has 0 aliphatic heterocycles. The molecule has 1 amide bonds. The Morgan fingerprint density at radius 2 is 1.89 bits per heavy atom. The summed E-state index contributed by atoms with van der Waals surface area (Å²) in [6.07, 6.45) is 4.42. The van der Waals surface area contributed by atoms with E-state index in [1.165, 1.54) is 11.8 Å². The fourth-order valence-electron chi connectivity index (χ4n) is 2.78. The minimum Gasteiger partial charge on any atom is -0.349 e. The van der Waals surface area contributed by atoms with E-state index < -0.39 is 0 Å². The summed E-state index contributed by atoms with van der Waals surface area (Å²) in [5.41, 5.74) is 1.97. The van der Waals surface area contributed by atoms with E-state index in [1.807, 2.05) is 43.3 Å². The van der Waals surface area contributed by atoms with Crippen molar-refractivity contribution in [3.8, 4) is 11.4 Å². The number of halogens is 1. The lowest BCUT2D eigenvalue weighted by atomic mass is 10.1.